The zero-order chi connectivity index (χ0) is 21.6. The predicted octanol–water partition coefficient (Wildman–Crippen LogP) is 5.89. The Morgan fingerprint density at radius 3 is 1.93 bits per heavy atom. The van der Waals surface area contributed by atoms with Gasteiger partial charge in [-0.15, -0.1) is 0 Å². The third-order valence-corrected chi connectivity index (χ3v) is 7.17. The summed E-state index contributed by atoms with van der Waals surface area (Å²) in [6.07, 6.45) is 0. The van der Waals surface area contributed by atoms with Crippen LogP contribution < -0.4 is 0 Å². The second kappa shape index (κ2) is 7.87. The zero-order valence-electron chi connectivity index (χ0n) is 14.3. The van der Waals surface area contributed by atoms with Crippen molar-refractivity contribution in [2.75, 3.05) is 0 Å². The molecule has 3 N–H and O–H groups in total. The molecule has 1 atom stereocenters. The number of phenols is 2. The van der Waals surface area contributed by atoms with Gasteiger partial charge in [0.15, 0.2) is 4.75 Å². The standard InChI is InChI=1S/C19H12Cl4O5S/c20-10-8-13(18(23)16(25)9-10)19(29(26,27)28,11-4-1-2-6-14(11)21)12-5-3-7-15(24)17(12)22/h1-9,24-25H,(H,26,27,28). The minimum Gasteiger partial charge on any atom is -0.506 e. The molecule has 0 aromatic heterocycles. The van der Waals surface area contributed by atoms with E-state index in [-0.39, 0.29) is 31.8 Å². The molecule has 3 rings (SSSR count). The van der Waals surface area contributed by atoms with E-state index < -0.39 is 31.4 Å². The summed E-state index contributed by atoms with van der Waals surface area (Å²) in [4.78, 5) is 0. The minimum absolute atomic E-state index is 0.0416. The van der Waals surface area contributed by atoms with Crippen LogP contribution in [0.5, 0.6) is 11.5 Å². The summed E-state index contributed by atoms with van der Waals surface area (Å²) < 4.78 is 34.0. The van der Waals surface area contributed by atoms with Gasteiger partial charge in [0.2, 0.25) is 0 Å². The lowest BCUT2D eigenvalue weighted by Crippen LogP contribution is -2.39. The molecule has 0 aliphatic heterocycles. The van der Waals surface area contributed by atoms with Crippen LogP contribution in [-0.4, -0.2) is 23.2 Å². The van der Waals surface area contributed by atoms with E-state index in [4.69, 9.17) is 46.4 Å². The number of hydrogen-bond donors (Lipinski definition) is 3. The van der Waals surface area contributed by atoms with E-state index in [0.717, 1.165) is 6.07 Å². The average molecular weight is 494 g/mol. The van der Waals surface area contributed by atoms with Crippen LogP contribution in [0.25, 0.3) is 0 Å². The van der Waals surface area contributed by atoms with Crippen LogP contribution in [-0.2, 0) is 14.9 Å². The van der Waals surface area contributed by atoms with E-state index >= 15 is 0 Å². The van der Waals surface area contributed by atoms with Crippen LogP contribution in [0.4, 0.5) is 0 Å². The lowest BCUT2D eigenvalue weighted by atomic mass is 9.83. The Bertz CT molecular complexity index is 1210. The first kappa shape index (κ1) is 22.0. The van der Waals surface area contributed by atoms with Gasteiger partial charge in [-0.1, -0.05) is 76.7 Å². The van der Waals surface area contributed by atoms with Crippen LogP contribution in [0.3, 0.4) is 0 Å². The highest BCUT2D eigenvalue weighted by Crippen LogP contribution is 2.53. The van der Waals surface area contributed by atoms with Crippen molar-refractivity contribution in [1.29, 1.82) is 0 Å². The Hall–Kier alpha value is -1.67. The van der Waals surface area contributed by atoms with Gasteiger partial charge in [-0.3, -0.25) is 4.55 Å². The minimum atomic E-state index is -5.14. The molecule has 10 heteroatoms. The maximum Gasteiger partial charge on any atom is 0.283 e. The largest absolute Gasteiger partial charge is 0.506 e. The van der Waals surface area contributed by atoms with E-state index in [9.17, 15) is 23.2 Å². The fraction of sp³-hybridized carbons (Fsp3) is 0.0526. The van der Waals surface area contributed by atoms with Crippen molar-refractivity contribution in [3.63, 3.8) is 0 Å². The van der Waals surface area contributed by atoms with Crippen molar-refractivity contribution < 1.29 is 23.2 Å². The molecule has 152 valence electrons. The SMILES string of the molecule is O=S(=O)(O)C(c1ccccc1Cl)(c1cccc(O)c1Cl)c1cc(Cl)cc(O)c1Cl. The first-order valence-corrected chi connectivity index (χ1v) is 10.9. The molecule has 3 aromatic rings. The monoisotopic (exact) mass is 492 g/mol. The highest BCUT2D eigenvalue weighted by molar-refractivity contribution is 7.87. The first-order chi connectivity index (χ1) is 13.5. The molecule has 5 nitrogen and oxygen atoms in total. The number of hydrogen-bond acceptors (Lipinski definition) is 4. The first-order valence-electron chi connectivity index (χ1n) is 7.90. The normalized spacial score (nSPS) is 13.8. The fourth-order valence-corrected chi connectivity index (χ4v) is 5.74. The number of benzene rings is 3. The van der Waals surface area contributed by atoms with Gasteiger partial charge >= 0.3 is 0 Å². The molecule has 1 unspecified atom stereocenters. The van der Waals surface area contributed by atoms with Gasteiger partial charge < -0.3 is 10.2 Å². The molecule has 0 heterocycles. The van der Waals surface area contributed by atoms with Crippen LogP contribution in [0.15, 0.2) is 54.6 Å². The van der Waals surface area contributed by atoms with Gasteiger partial charge in [-0.25, -0.2) is 0 Å². The maximum atomic E-state index is 13.0. The van der Waals surface area contributed by atoms with Crippen molar-refractivity contribution in [2.24, 2.45) is 0 Å². The predicted molar refractivity (Wildman–Crippen MR) is 114 cm³/mol. The molecule has 0 bridgehead atoms. The summed E-state index contributed by atoms with van der Waals surface area (Å²) in [5.74, 6) is -0.961. The summed E-state index contributed by atoms with van der Waals surface area (Å²) in [5, 5.41) is 19.5. The van der Waals surface area contributed by atoms with E-state index in [1.165, 1.54) is 42.5 Å². The van der Waals surface area contributed by atoms with E-state index in [2.05, 4.69) is 0 Å². The Labute approximate surface area is 186 Å². The van der Waals surface area contributed by atoms with Gasteiger partial charge in [0, 0.05) is 32.8 Å². The Balaban J connectivity index is 2.68. The number of rotatable bonds is 4. The van der Waals surface area contributed by atoms with E-state index in [1.807, 2.05) is 0 Å². The Morgan fingerprint density at radius 1 is 0.724 bits per heavy atom. The number of phenolic OH excluding ortho intramolecular Hbond substituents is 2. The molecular formula is C19H12Cl4O5S. The van der Waals surface area contributed by atoms with Crippen LogP contribution in [0, 0.1) is 0 Å². The molecule has 3 aromatic carbocycles. The average Bonchev–Trinajstić information content (AvgIpc) is 2.63. The van der Waals surface area contributed by atoms with Crippen molar-refractivity contribution in [1.82, 2.24) is 0 Å². The molecule has 0 aliphatic rings. The van der Waals surface area contributed by atoms with Gasteiger partial charge in [-0.05, 0) is 18.2 Å². The summed E-state index contributed by atoms with van der Waals surface area (Å²) in [7, 11) is -5.14. The van der Waals surface area contributed by atoms with E-state index in [1.54, 1.807) is 6.07 Å². The highest BCUT2D eigenvalue weighted by atomic mass is 35.5. The summed E-state index contributed by atoms with van der Waals surface area (Å²) >= 11 is 24.9. The summed E-state index contributed by atoms with van der Waals surface area (Å²) in [6, 6.07) is 12.0. The van der Waals surface area contributed by atoms with Crippen LogP contribution in [0.1, 0.15) is 16.7 Å². The third-order valence-electron chi connectivity index (χ3n) is 4.40. The van der Waals surface area contributed by atoms with Crippen molar-refractivity contribution in [3.05, 3.63) is 91.4 Å². The molecule has 29 heavy (non-hydrogen) atoms. The maximum absolute atomic E-state index is 13.0. The Kier molecular flexibility index (Phi) is 5.98. The molecule has 0 fully saturated rings. The van der Waals surface area contributed by atoms with Crippen molar-refractivity contribution >= 4 is 56.5 Å². The van der Waals surface area contributed by atoms with Gasteiger partial charge in [-0.2, -0.15) is 8.42 Å². The van der Waals surface area contributed by atoms with Gasteiger partial charge in [0.1, 0.15) is 11.5 Å². The van der Waals surface area contributed by atoms with Gasteiger partial charge in [0.05, 0.1) is 10.0 Å². The van der Waals surface area contributed by atoms with Crippen LogP contribution >= 0.6 is 46.4 Å². The summed E-state index contributed by atoms with van der Waals surface area (Å²) in [6.45, 7) is 0. The lowest BCUT2D eigenvalue weighted by Gasteiger charge is -2.34. The molecule has 0 aliphatic carbocycles. The molecule has 0 radical (unpaired) electrons. The highest BCUT2D eigenvalue weighted by Gasteiger charge is 2.52. The lowest BCUT2D eigenvalue weighted by molar-refractivity contribution is 0.455. The molecule has 0 amide bonds. The molecular weight excluding hydrogens is 482 g/mol. The topological polar surface area (TPSA) is 94.8 Å². The second-order valence-corrected chi connectivity index (χ2v) is 9.22. The second-order valence-electron chi connectivity index (χ2n) is 6.06. The number of aromatic hydroxyl groups is 2. The Morgan fingerprint density at radius 2 is 1.31 bits per heavy atom. The molecule has 0 spiro atoms. The zero-order valence-corrected chi connectivity index (χ0v) is 18.1. The van der Waals surface area contributed by atoms with E-state index in [0.29, 0.717) is 0 Å². The van der Waals surface area contributed by atoms with Crippen molar-refractivity contribution in [2.45, 2.75) is 4.75 Å². The smallest absolute Gasteiger partial charge is 0.283 e. The molecule has 0 saturated carbocycles. The fourth-order valence-electron chi connectivity index (χ4n) is 3.22. The van der Waals surface area contributed by atoms with Crippen LogP contribution in [0.2, 0.25) is 20.1 Å². The number of halogens is 4. The van der Waals surface area contributed by atoms with Crippen molar-refractivity contribution in [3.8, 4) is 11.5 Å². The summed E-state index contributed by atoms with van der Waals surface area (Å²) in [5.41, 5.74) is -0.647. The third kappa shape index (κ3) is 3.54. The molecule has 0 saturated heterocycles. The quantitative estimate of drug-likeness (QED) is 0.311. The van der Waals surface area contributed by atoms with Gasteiger partial charge in [0.25, 0.3) is 10.1 Å².